The summed E-state index contributed by atoms with van der Waals surface area (Å²) in [6.45, 7) is 4.06. The molecule has 100 valence electrons. The van der Waals surface area contributed by atoms with Gasteiger partial charge in [0.2, 0.25) is 5.95 Å². The molecule has 1 aromatic heterocycles. The smallest absolute Gasteiger partial charge is 0.224 e. The van der Waals surface area contributed by atoms with E-state index in [1.54, 1.807) is 6.20 Å². The number of anilines is 2. The molecule has 0 aromatic carbocycles. The summed E-state index contributed by atoms with van der Waals surface area (Å²) in [6, 6.07) is 1.94. The summed E-state index contributed by atoms with van der Waals surface area (Å²) in [6.07, 6.45) is 6.96. The number of hydrogen-bond acceptors (Lipinski definition) is 5. The van der Waals surface area contributed by atoms with Gasteiger partial charge in [0.1, 0.15) is 5.82 Å². The first-order valence-corrected chi connectivity index (χ1v) is 7.85. The largest absolute Gasteiger partial charge is 0.369 e. The molecular formula is C13H22N4S. The molecule has 18 heavy (non-hydrogen) atoms. The average Bonchev–Trinajstić information content (AvgIpc) is 2.44. The maximum Gasteiger partial charge on any atom is 0.224 e. The van der Waals surface area contributed by atoms with Crippen molar-refractivity contribution in [2.45, 2.75) is 37.9 Å². The van der Waals surface area contributed by atoms with Crippen molar-refractivity contribution in [1.82, 2.24) is 9.97 Å². The third kappa shape index (κ3) is 4.37. The molecule has 4 nitrogen and oxygen atoms in total. The molecule has 1 saturated heterocycles. The third-order valence-corrected chi connectivity index (χ3v) is 4.37. The predicted octanol–water partition coefficient (Wildman–Crippen LogP) is 3.00. The van der Waals surface area contributed by atoms with E-state index in [0.29, 0.717) is 0 Å². The van der Waals surface area contributed by atoms with E-state index in [-0.39, 0.29) is 0 Å². The zero-order valence-electron chi connectivity index (χ0n) is 11.0. The SMILES string of the molecule is CCCNc1nccc(NCC2CCCCS2)n1. The van der Waals surface area contributed by atoms with Gasteiger partial charge in [-0.2, -0.15) is 16.7 Å². The molecule has 1 fully saturated rings. The second-order valence-electron chi connectivity index (χ2n) is 4.56. The van der Waals surface area contributed by atoms with E-state index in [4.69, 9.17) is 0 Å². The zero-order chi connectivity index (χ0) is 12.6. The molecule has 2 N–H and O–H groups in total. The van der Waals surface area contributed by atoms with Gasteiger partial charge < -0.3 is 10.6 Å². The molecule has 0 amide bonds. The summed E-state index contributed by atoms with van der Waals surface area (Å²) in [5, 5.41) is 7.36. The summed E-state index contributed by atoms with van der Waals surface area (Å²) < 4.78 is 0. The third-order valence-electron chi connectivity index (χ3n) is 2.97. The van der Waals surface area contributed by atoms with Crippen LogP contribution in [0.25, 0.3) is 0 Å². The summed E-state index contributed by atoms with van der Waals surface area (Å²) in [5.41, 5.74) is 0. The minimum atomic E-state index is 0.721. The van der Waals surface area contributed by atoms with Crippen LogP contribution in [0.3, 0.4) is 0 Å². The van der Waals surface area contributed by atoms with E-state index in [1.807, 2.05) is 6.07 Å². The molecule has 1 unspecified atom stereocenters. The Morgan fingerprint density at radius 3 is 3.11 bits per heavy atom. The van der Waals surface area contributed by atoms with Crippen LogP contribution in [0.1, 0.15) is 32.6 Å². The van der Waals surface area contributed by atoms with Crippen molar-refractivity contribution in [3.8, 4) is 0 Å². The van der Waals surface area contributed by atoms with Crippen LogP contribution in [0.2, 0.25) is 0 Å². The summed E-state index contributed by atoms with van der Waals surface area (Å²) in [7, 11) is 0. The Hall–Kier alpha value is -0.970. The van der Waals surface area contributed by atoms with Crippen molar-refractivity contribution in [2.75, 3.05) is 29.5 Å². The van der Waals surface area contributed by atoms with Crippen LogP contribution in [0.4, 0.5) is 11.8 Å². The summed E-state index contributed by atoms with van der Waals surface area (Å²) in [5.74, 6) is 2.95. The van der Waals surface area contributed by atoms with E-state index in [9.17, 15) is 0 Å². The minimum Gasteiger partial charge on any atom is -0.369 e. The molecule has 1 atom stereocenters. The number of rotatable bonds is 6. The van der Waals surface area contributed by atoms with E-state index >= 15 is 0 Å². The van der Waals surface area contributed by atoms with E-state index in [0.717, 1.165) is 36.5 Å². The molecular weight excluding hydrogens is 244 g/mol. The van der Waals surface area contributed by atoms with Crippen molar-refractivity contribution in [1.29, 1.82) is 0 Å². The van der Waals surface area contributed by atoms with E-state index in [1.165, 1.54) is 25.0 Å². The lowest BCUT2D eigenvalue weighted by Crippen LogP contribution is -2.20. The standard InChI is InChI=1S/C13H22N4S/c1-2-7-14-13-15-8-6-12(17-13)16-10-11-5-3-4-9-18-11/h6,8,11H,2-5,7,9-10H2,1H3,(H2,14,15,16,17). The van der Waals surface area contributed by atoms with Gasteiger partial charge in [-0.15, -0.1) is 0 Å². The Balaban J connectivity index is 1.80. The maximum absolute atomic E-state index is 4.45. The molecule has 5 heteroatoms. The van der Waals surface area contributed by atoms with Crippen LogP contribution < -0.4 is 10.6 Å². The van der Waals surface area contributed by atoms with Gasteiger partial charge in [0.15, 0.2) is 0 Å². The summed E-state index contributed by atoms with van der Waals surface area (Å²) in [4.78, 5) is 8.66. The first-order valence-electron chi connectivity index (χ1n) is 6.81. The highest BCUT2D eigenvalue weighted by Gasteiger charge is 2.13. The molecule has 2 rings (SSSR count). The topological polar surface area (TPSA) is 49.8 Å². The Morgan fingerprint density at radius 1 is 1.39 bits per heavy atom. The van der Waals surface area contributed by atoms with Crippen LogP contribution in [0.15, 0.2) is 12.3 Å². The fraction of sp³-hybridized carbons (Fsp3) is 0.692. The van der Waals surface area contributed by atoms with Crippen molar-refractivity contribution in [3.05, 3.63) is 12.3 Å². The fourth-order valence-corrected chi connectivity index (χ4v) is 3.20. The quantitative estimate of drug-likeness (QED) is 0.829. The van der Waals surface area contributed by atoms with Gasteiger partial charge in [0.25, 0.3) is 0 Å². The number of thioether (sulfide) groups is 1. The highest BCUT2D eigenvalue weighted by atomic mass is 32.2. The van der Waals surface area contributed by atoms with Crippen LogP contribution in [0, 0.1) is 0 Å². The minimum absolute atomic E-state index is 0.721. The van der Waals surface area contributed by atoms with Gasteiger partial charge in [-0.05, 0) is 31.1 Å². The number of nitrogens with one attached hydrogen (secondary N) is 2. The summed E-state index contributed by atoms with van der Waals surface area (Å²) >= 11 is 2.08. The molecule has 0 spiro atoms. The molecule has 0 saturated carbocycles. The Morgan fingerprint density at radius 2 is 2.33 bits per heavy atom. The number of aromatic nitrogens is 2. The zero-order valence-corrected chi connectivity index (χ0v) is 11.8. The molecule has 0 aliphatic carbocycles. The van der Waals surface area contributed by atoms with Gasteiger partial charge in [-0.3, -0.25) is 0 Å². The lowest BCUT2D eigenvalue weighted by atomic mass is 10.2. The first-order chi connectivity index (χ1) is 8.88. The van der Waals surface area contributed by atoms with Crippen LogP contribution in [0.5, 0.6) is 0 Å². The van der Waals surface area contributed by atoms with E-state index < -0.39 is 0 Å². The normalized spacial score (nSPS) is 19.5. The highest BCUT2D eigenvalue weighted by Crippen LogP contribution is 2.25. The van der Waals surface area contributed by atoms with E-state index in [2.05, 4.69) is 39.3 Å². The van der Waals surface area contributed by atoms with Crippen LogP contribution in [-0.4, -0.2) is 34.1 Å². The average molecular weight is 266 g/mol. The predicted molar refractivity (Wildman–Crippen MR) is 79.4 cm³/mol. The number of nitrogens with zero attached hydrogens (tertiary/aromatic N) is 2. The second-order valence-corrected chi connectivity index (χ2v) is 5.97. The number of hydrogen-bond donors (Lipinski definition) is 2. The fourth-order valence-electron chi connectivity index (χ4n) is 1.97. The molecule has 2 heterocycles. The van der Waals surface area contributed by atoms with Crippen LogP contribution in [-0.2, 0) is 0 Å². The molecule has 1 aromatic rings. The highest BCUT2D eigenvalue weighted by molar-refractivity contribution is 7.99. The maximum atomic E-state index is 4.45. The first kappa shape index (κ1) is 13.5. The molecule has 1 aliphatic rings. The Bertz CT molecular complexity index is 353. The van der Waals surface area contributed by atoms with Crippen molar-refractivity contribution < 1.29 is 0 Å². The monoisotopic (exact) mass is 266 g/mol. The molecule has 0 bridgehead atoms. The Labute approximate surface area is 113 Å². The van der Waals surface area contributed by atoms with Crippen LogP contribution >= 0.6 is 11.8 Å². The second kappa shape index (κ2) is 7.46. The van der Waals surface area contributed by atoms with Crippen molar-refractivity contribution in [3.63, 3.8) is 0 Å². The van der Waals surface area contributed by atoms with Gasteiger partial charge in [-0.25, -0.2) is 4.98 Å². The molecule has 0 radical (unpaired) electrons. The van der Waals surface area contributed by atoms with Crippen molar-refractivity contribution >= 4 is 23.5 Å². The Kier molecular flexibility index (Phi) is 5.58. The van der Waals surface area contributed by atoms with Gasteiger partial charge in [0.05, 0.1) is 0 Å². The van der Waals surface area contributed by atoms with Crippen molar-refractivity contribution in [2.24, 2.45) is 0 Å². The van der Waals surface area contributed by atoms with Gasteiger partial charge in [0, 0.05) is 24.5 Å². The lowest BCUT2D eigenvalue weighted by molar-refractivity contribution is 0.677. The molecule has 1 aliphatic heterocycles. The van der Waals surface area contributed by atoms with Gasteiger partial charge >= 0.3 is 0 Å². The lowest BCUT2D eigenvalue weighted by Gasteiger charge is -2.21. The van der Waals surface area contributed by atoms with Gasteiger partial charge in [-0.1, -0.05) is 13.3 Å².